The third-order valence-corrected chi connectivity index (χ3v) is 7.51. The molecule has 1 heterocycles. The van der Waals surface area contributed by atoms with Crippen LogP contribution in [0.2, 0.25) is 0 Å². The summed E-state index contributed by atoms with van der Waals surface area (Å²) in [7, 11) is 1.73. The van der Waals surface area contributed by atoms with Crippen molar-refractivity contribution in [2.45, 2.75) is 70.8 Å². The van der Waals surface area contributed by atoms with Crippen LogP contribution in [0.5, 0.6) is 0 Å². The molecule has 0 radical (unpaired) electrons. The summed E-state index contributed by atoms with van der Waals surface area (Å²) in [6.07, 6.45) is 2.91. The van der Waals surface area contributed by atoms with Crippen molar-refractivity contribution < 1.29 is 24.1 Å². The van der Waals surface area contributed by atoms with Gasteiger partial charge in [-0.05, 0) is 62.3 Å². The molecule has 0 bridgehead atoms. The highest BCUT2D eigenvalue weighted by Gasteiger charge is 2.40. The minimum atomic E-state index is -0.649. The summed E-state index contributed by atoms with van der Waals surface area (Å²) in [6, 6.07) is 17.6. The molecule has 0 aliphatic heterocycles. The molecule has 0 unspecified atom stereocenters. The molecule has 0 amide bonds. The molecule has 1 atom stereocenters. The number of hydrogen-bond acceptors (Lipinski definition) is 7. The number of carbonyl (C=O) groups is 1. The van der Waals surface area contributed by atoms with Crippen LogP contribution in [0.25, 0.3) is 16.9 Å². The molecule has 1 aliphatic carbocycles. The van der Waals surface area contributed by atoms with Crippen LogP contribution < -0.4 is 5.73 Å². The summed E-state index contributed by atoms with van der Waals surface area (Å²) in [4.78, 5) is 12.0. The summed E-state index contributed by atoms with van der Waals surface area (Å²) < 4.78 is 19.2. The third kappa shape index (κ3) is 6.15. The third-order valence-electron chi connectivity index (χ3n) is 7.51. The molecule has 1 saturated carbocycles. The van der Waals surface area contributed by atoms with Gasteiger partial charge in [-0.2, -0.15) is 5.10 Å². The number of aliphatic hydroxyl groups is 1. The number of ether oxygens (including phenoxy) is 3. The fourth-order valence-electron chi connectivity index (χ4n) is 4.82. The van der Waals surface area contributed by atoms with E-state index in [1.165, 1.54) is 5.56 Å². The molecule has 1 aromatic heterocycles. The Morgan fingerprint density at radius 2 is 1.79 bits per heavy atom. The number of benzene rings is 2. The predicted octanol–water partition coefficient (Wildman–Crippen LogP) is 4.62. The van der Waals surface area contributed by atoms with Gasteiger partial charge in [0.15, 0.2) is 6.79 Å². The fourth-order valence-corrected chi connectivity index (χ4v) is 4.82. The zero-order valence-electron chi connectivity index (χ0n) is 22.7. The Morgan fingerprint density at radius 3 is 2.37 bits per heavy atom. The summed E-state index contributed by atoms with van der Waals surface area (Å²) in [5.41, 5.74) is 11.2. The van der Waals surface area contributed by atoms with Crippen molar-refractivity contribution in [2.75, 3.05) is 13.9 Å². The van der Waals surface area contributed by atoms with Crippen molar-refractivity contribution in [1.29, 1.82) is 0 Å². The number of nitrogens with zero attached hydrogens (tertiary/aromatic N) is 2. The van der Waals surface area contributed by atoms with Gasteiger partial charge in [0.05, 0.1) is 29.8 Å². The smallest absolute Gasteiger partial charge is 0.325 e. The lowest BCUT2D eigenvalue weighted by molar-refractivity contribution is -0.169. The summed E-state index contributed by atoms with van der Waals surface area (Å²) in [6.45, 7) is 5.73. The van der Waals surface area contributed by atoms with Gasteiger partial charge < -0.3 is 25.1 Å². The quantitative estimate of drug-likeness (QED) is 0.296. The summed E-state index contributed by atoms with van der Waals surface area (Å²) in [5, 5.41) is 14.5. The maximum Gasteiger partial charge on any atom is 0.325 e. The van der Waals surface area contributed by atoms with Crippen LogP contribution >= 0.6 is 0 Å². The standard InChI is InChI=1S/C30H39N3O5/c1-20(2)28(31)29(35)38-19-37-25-13-15-30(36-4,16-14-25)27-17-26(23-9-5-21(3)6-10-23)33(32-27)24-11-7-22(18-34)8-12-24/h5-12,17,20,25,28,34H,13-16,18-19,31H2,1-4H3/t25?,28-,30?/m0/s1. The second-order valence-electron chi connectivity index (χ2n) is 10.4. The first kappa shape index (κ1) is 28.0. The van der Waals surface area contributed by atoms with Crippen molar-refractivity contribution in [3.63, 3.8) is 0 Å². The molecule has 8 heteroatoms. The van der Waals surface area contributed by atoms with E-state index in [0.29, 0.717) is 0 Å². The number of hydrogen-bond donors (Lipinski definition) is 2. The number of esters is 1. The summed E-state index contributed by atoms with van der Waals surface area (Å²) >= 11 is 0. The lowest BCUT2D eigenvalue weighted by Gasteiger charge is -2.37. The van der Waals surface area contributed by atoms with Crippen LogP contribution in [0, 0.1) is 12.8 Å². The molecule has 0 spiro atoms. The van der Waals surface area contributed by atoms with Crippen LogP contribution in [-0.2, 0) is 31.2 Å². The van der Waals surface area contributed by atoms with Crippen molar-refractivity contribution in [3.8, 4) is 16.9 Å². The van der Waals surface area contributed by atoms with E-state index in [2.05, 4.69) is 37.3 Å². The van der Waals surface area contributed by atoms with Crippen LogP contribution in [0.1, 0.15) is 56.4 Å². The first-order chi connectivity index (χ1) is 18.3. The molecule has 38 heavy (non-hydrogen) atoms. The molecule has 0 saturated heterocycles. The number of carbonyl (C=O) groups excluding carboxylic acids is 1. The van der Waals surface area contributed by atoms with E-state index in [9.17, 15) is 9.90 Å². The van der Waals surface area contributed by atoms with Gasteiger partial charge in [0.25, 0.3) is 0 Å². The minimum Gasteiger partial charge on any atom is -0.437 e. The van der Waals surface area contributed by atoms with E-state index >= 15 is 0 Å². The Kier molecular flexibility index (Phi) is 8.99. The molecule has 1 aliphatic rings. The van der Waals surface area contributed by atoms with Crippen molar-refractivity contribution in [2.24, 2.45) is 11.7 Å². The van der Waals surface area contributed by atoms with E-state index in [1.807, 2.05) is 42.8 Å². The molecule has 3 aromatic rings. The van der Waals surface area contributed by atoms with Crippen molar-refractivity contribution in [1.82, 2.24) is 9.78 Å². The molecule has 3 N–H and O–H groups in total. The first-order valence-electron chi connectivity index (χ1n) is 13.2. The number of aliphatic hydroxyl groups excluding tert-OH is 1. The molecule has 204 valence electrons. The van der Waals surface area contributed by atoms with E-state index in [4.69, 9.17) is 25.0 Å². The highest BCUT2D eigenvalue weighted by molar-refractivity contribution is 5.75. The maximum atomic E-state index is 12.0. The minimum absolute atomic E-state index is 0.00475. The number of aromatic nitrogens is 2. The molecule has 4 rings (SSSR count). The van der Waals surface area contributed by atoms with Gasteiger partial charge in [-0.3, -0.25) is 4.79 Å². The molecular weight excluding hydrogens is 482 g/mol. The number of nitrogens with two attached hydrogens (primary N) is 1. The van der Waals surface area contributed by atoms with Gasteiger partial charge >= 0.3 is 5.97 Å². The Morgan fingerprint density at radius 1 is 1.13 bits per heavy atom. The zero-order valence-corrected chi connectivity index (χ0v) is 22.7. The fraction of sp³-hybridized carbons (Fsp3) is 0.467. The van der Waals surface area contributed by atoms with Gasteiger partial charge in [0.1, 0.15) is 11.6 Å². The van der Waals surface area contributed by atoms with E-state index in [1.54, 1.807) is 7.11 Å². The molecule has 2 aromatic carbocycles. The van der Waals surface area contributed by atoms with Crippen LogP contribution in [0.4, 0.5) is 0 Å². The van der Waals surface area contributed by atoms with Gasteiger partial charge in [-0.25, -0.2) is 4.68 Å². The summed E-state index contributed by atoms with van der Waals surface area (Å²) in [5.74, 6) is -0.431. The topological polar surface area (TPSA) is 109 Å². The van der Waals surface area contributed by atoms with E-state index < -0.39 is 17.6 Å². The zero-order chi connectivity index (χ0) is 27.3. The highest BCUT2D eigenvalue weighted by Crippen LogP contribution is 2.42. The van der Waals surface area contributed by atoms with Gasteiger partial charge in [-0.15, -0.1) is 0 Å². The average Bonchev–Trinajstić information content (AvgIpc) is 3.39. The second kappa shape index (κ2) is 12.2. The first-order valence-corrected chi connectivity index (χ1v) is 13.2. The predicted molar refractivity (Wildman–Crippen MR) is 145 cm³/mol. The second-order valence-corrected chi connectivity index (χ2v) is 10.4. The van der Waals surface area contributed by atoms with Crippen LogP contribution in [-0.4, -0.2) is 46.9 Å². The molecule has 1 fully saturated rings. The highest BCUT2D eigenvalue weighted by atomic mass is 16.7. The lowest BCUT2D eigenvalue weighted by atomic mass is 9.80. The lowest BCUT2D eigenvalue weighted by Crippen LogP contribution is -2.39. The van der Waals surface area contributed by atoms with Gasteiger partial charge in [0.2, 0.25) is 0 Å². The van der Waals surface area contributed by atoms with Crippen LogP contribution in [0.15, 0.2) is 54.6 Å². The Bertz CT molecular complexity index is 1200. The number of methoxy groups -OCH3 is 1. The van der Waals surface area contributed by atoms with Crippen molar-refractivity contribution >= 4 is 5.97 Å². The normalized spacial score (nSPS) is 20.4. The van der Waals surface area contributed by atoms with Gasteiger partial charge in [0, 0.05) is 12.7 Å². The molecular formula is C30H39N3O5. The maximum absolute atomic E-state index is 12.0. The van der Waals surface area contributed by atoms with Crippen LogP contribution in [0.3, 0.4) is 0 Å². The SMILES string of the molecule is COC1(c2cc(-c3ccc(C)cc3)n(-c3ccc(CO)cc3)n2)CCC(OCOC(=O)[C@@H](N)C(C)C)CC1. The van der Waals surface area contributed by atoms with E-state index in [-0.39, 0.29) is 25.4 Å². The number of aryl methyl sites for hydroxylation is 1. The monoisotopic (exact) mass is 521 g/mol. The van der Waals surface area contributed by atoms with E-state index in [0.717, 1.165) is 53.9 Å². The largest absolute Gasteiger partial charge is 0.437 e. The van der Waals surface area contributed by atoms with Gasteiger partial charge in [-0.1, -0.05) is 55.8 Å². The Labute approximate surface area is 224 Å². The van der Waals surface area contributed by atoms with Crippen molar-refractivity contribution in [3.05, 3.63) is 71.4 Å². The molecule has 8 nitrogen and oxygen atoms in total. The number of rotatable bonds is 10. The Balaban J connectivity index is 1.53. The Hall–Kier alpha value is -3.04. The average molecular weight is 522 g/mol.